The van der Waals surface area contributed by atoms with Gasteiger partial charge in [-0.1, -0.05) is 26.0 Å². The van der Waals surface area contributed by atoms with E-state index < -0.39 is 5.92 Å². The molecule has 1 aromatic rings. The molecular weight excluding hydrogens is 194 g/mol. The molecule has 0 aliphatic rings. The van der Waals surface area contributed by atoms with Gasteiger partial charge in [0, 0.05) is 12.5 Å². The van der Waals surface area contributed by atoms with Crippen molar-refractivity contribution in [2.45, 2.75) is 40.0 Å². The Bertz CT molecular complexity index is 335. The molecule has 0 atom stereocenters. The summed E-state index contributed by atoms with van der Waals surface area (Å²) in [6.07, 6.45) is 0.851. The number of rotatable bonds is 3. The second-order valence-electron chi connectivity index (χ2n) is 4.64. The minimum absolute atomic E-state index is 0.153. The van der Waals surface area contributed by atoms with E-state index >= 15 is 0 Å². The van der Waals surface area contributed by atoms with E-state index in [1.54, 1.807) is 19.1 Å². The van der Waals surface area contributed by atoms with Gasteiger partial charge in [0.25, 0.3) is 5.92 Å². The number of aryl methyl sites for hydroxylation is 1. The molecule has 0 spiro atoms. The molecule has 2 heteroatoms. The summed E-state index contributed by atoms with van der Waals surface area (Å²) in [7, 11) is 0. The summed E-state index contributed by atoms with van der Waals surface area (Å²) in [5.74, 6) is -2.25. The number of alkyl halides is 2. The van der Waals surface area contributed by atoms with Crippen molar-refractivity contribution >= 4 is 0 Å². The number of benzene rings is 1. The number of hydrogen-bond donors (Lipinski definition) is 0. The first-order chi connectivity index (χ1) is 6.80. The third-order valence-electron chi connectivity index (χ3n) is 2.42. The average Bonchev–Trinajstić information content (AvgIpc) is 2.05. The smallest absolute Gasteiger partial charge is 0.202 e. The van der Waals surface area contributed by atoms with Crippen molar-refractivity contribution in [2.24, 2.45) is 5.92 Å². The van der Waals surface area contributed by atoms with Crippen LogP contribution in [0.15, 0.2) is 18.2 Å². The fourth-order valence-corrected chi connectivity index (χ4v) is 1.74. The number of hydrogen-bond acceptors (Lipinski definition) is 0. The van der Waals surface area contributed by atoms with E-state index in [9.17, 15) is 8.78 Å². The van der Waals surface area contributed by atoms with Crippen LogP contribution < -0.4 is 0 Å². The highest BCUT2D eigenvalue weighted by molar-refractivity contribution is 5.34. The van der Waals surface area contributed by atoms with Crippen LogP contribution in [0.1, 0.15) is 37.5 Å². The topological polar surface area (TPSA) is 0 Å². The maximum atomic E-state index is 13.2. The van der Waals surface area contributed by atoms with E-state index in [-0.39, 0.29) is 5.56 Å². The lowest BCUT2D eigenvalue weighted by Gasteiger charge is -2.16. The van der Waals surface area contributed by atoms with Gasteiger partial charge in [-0.3, -0.25) is 0 Å². The fourth-order valence-electron chi connectivity index (χ4n) is 1.74. The molecule has 0 aromatic heterocycles. The summed E-state index contributed by atoms with van der Waals surface area (Å²) in [4.78, 5) is 0. The van der Waals surface area contributed by atoms with Crippen molar-refractivity contribution in [2.75, 3.05) is 0 Å². The largest absolute Gasteiger partial charge is 0.270 e. The van der Waals surface area contributed by atoms with Gasteiger partial charge in [0.1, 0.15) is 0 Å². The highest BCUT2D eigenvalue weighted by Gasteiger charge is 2.26. The normalized spacial score (nSPS) is 12.2. The average molecular weight is 212 g/mol. The van der Waals surface area contributed by atoms with Gasteiger partial charge in [0.2, 0.25) is 0 Å². The van der Waals surface area contributed by atoms with E-state index in [4.69, 9.17) is 0 Å². The summed E-state index contributed by atoms with van der Waals surface area (Å²) >= 11 is 0. The molecule has 0 aliphatic carbocycles. The quantitative estimate of drug-likeness (QED) is 0.700. The van der Waals surface area contributed by atoms with Crippen LogP contribution in [0.4, 0.5) is 8.78 Å². The standard InChI is InChI=1S/C13H18F2/c1-9(2)7-11-6-5-10(3)12(8-11)13(4,14)15/h5-6,8-9H,7H2,1-4H3. The molecule has 0 saturated carbocycles. The molecule has 0 fully saturated rings. The van der Waals surface area contributed by atoms with Crippen LogP contribution in [0.3, 0.4) is 0 Å². The Morgan fingerprint density at radius 1 is 1.27 bits per heavy atom. The molecule has 0 N–H and O–H groups in total. The van der Waals surface area contributed by atoms with Crippen LogP contribution in [0.5, 0.6) is 0 Å². The van der Waals surface area contributed by atoms with E-state index in [0.717, 1.165) is 18.9 Å². The first-order valence-corrected chi connectivity index (χ1v) is 5.28. The van der Waals surface area contributed by atoms with Gasteiger partial charge in [0.05, 0.1) is 0 Å². The molecule has 0 radical (unpaired) electrons. The Morgan fingerprint density at radius 2 is 1.87 bits per heavy atom. The summed E-state index contributed by atoms with van der Waals surface area (Å²) in [5, 5.41) is 0. The molecule has 0 aliphatic heterocycles. The third kappa shape index (κ3) is 3.29. The van der Waals surface area contributed by atoms with Crippen molar-refractivity contribution in [1.29, 1.82) is 0 Å². The van der Waals surface area contributed by atoms with E-state index in [2.05, 4.69) is 13.8 Å². The van der Waals surface area contributed by atoms with Crippen LogP contribution in [-0.4, -0.2) is 0 Å². The van der Waals surface area contributed by atoms with Gasteiger partial charge < -0.3 is 0 Å². The van der Waals surface area contributed by atoms with Crippen molar-refractivity contribution < 1.29 is 8.78 Å². The van der Waals surface area contributed by atoms with E-state index in [1.165, 1.54) is 0 Å². The van der Waals surface area contributed by atoms with Crippen molar-refractivity contribution in [3.05, 3.63) is 34.9 Å². The highest BCUT2D eigenvalue weighted by atomic mass is 19.3. The van der Waals surface area contributed by atoms with Crippen LogP contribution in [-0.2, 0) is 12.3 Å². The lowest BCUT2D eigenvalue weighted by molar-refractivity contribution is 0.0167. The molecule has 1 rings (SSSR count). The maximum Gasteiger partial charge on any atom is 0.270 e. The second-order valence-corrected chi connectivity index (χ2v) is 4.64. The van der Waals surface area contributed by atoms with E-state index in [0.29, 0.717) is 11.5 Å². The minimum atomic E-state index is -2.74. The molecule has 0 heterocycles. The monoisotopic (exact) mass is 212 g/mol. The van der Waals surface area contributed by atoms with Gasteiger partial charge in [-0.25, -0.2) is 8.78 Å². The maximum absolute atomic E-state index is 13.2. The molecule has 0 amide bonds. The zero-order valence-electron chi connectivity index (χ0n) is 9.77. The van der Waals surface area contributed by atoms with Crippen LogP contribution in [0.25, 0.3) is 0 Å². The predicted octanol–water partition coefficient (Wildman–Crippen LogP) is 4.31. The van der Waals surface area contributed by atoms with Crippen molar-refractivity contribution in [3.63, 3.8) is 0 Å². The number of halogens is 2. The van der Waals surface area contributed by atoms with Gasteiger partial charge in [0.15, 0.2) is 0 Å². The molecule has 0 nitrogen and oxygen atoms in total. The minimum Gasteiger partial charge on any atom is -0.202 e. The summed E-state index contributed by atoms with van der Waals surface area (Å²) < 4.78 is 26.5. The Hall–Kier alpha value is -0.920. The SMILES string of the molecule is Cc1ccc(CC(C)C)cc1C(C)(F)F. The first-order valence-electron chi connectivity index (χ1n) is 5.28. The molecule has 0 bridgehead atoms. The van der Waals surface area contributed by atoms with Gasteiger partial charge in [-0.05, 0) is 36.5 Å². The van der Waals surface area contributed by atoms with Crippen molar-refractivity contribution in [1.82, 2.24) is 0 Å². The fraction of sp³-hybridized carbons (Fsp3) is 0.538. The Labute approximate surface area is 90.3 Å². The molecule has 84 valence electrons. The molecular formula is C13H18F2. The van der Waals surface area contributed by atoms with E-state index in [1.807, 2.05) is 6.07 Å². The summed E-state index contributed by atoms with van der Waals surface area (Å²) in [6.45, 7) is 6.85. The third-order valence-corrected chi connectivity index (χ3v) is 2.42. The van der Waals surface area contributed by atoms with Gasteiger partial charge >= 0.3 is 0 Å². The lowest BCUT2D eigenvalue weighted by atomic mass is 9.96. The molecule has 0 saturated heterocycles. The van der Waals surface area contributed by atoms with Crippen LogP contribution in [0.2, 0.25) is 0 Å². The second kappa shape index (κ2) is 4.30. The highest BCUT2D eigenvalue weighted by Crippen LogP contribution is 2.30. The lowest BCUT2D eigenvalue weighted by Crippen LogP contribution is -2.10. The van der Waals surface area contributed by atoms with Gasteiger partial charge in [-0.2, -0.15) is 0 Å². The zero-order valence-corrected chi connectivity index (χ0v) is 9.77. The first kappa shape index (κ1) is 12.2. The summed E-state index contributed by atoms with van der Waals surface area (Å²) in [6, 6.07) is 5.35. The summed E-state index contributed by atoms with van der Waals surface area (Å²) in [5.41, 5.74) is 1.81. The predicted molar refractivity (Wildman–Crippen MR) is 59.3 cm³/mol. The van der Waals surface area contributed by atoms with Gasteiger partial charge in [-0.15, -0.1) is 0 Å². The van der Waals surface area contributed by atoms with Crippen molar-refractivity contribution in [3.8, 4) is 0 Å². The molecule has 0 unspecified atom stereocenters. The Balaban J connectivity index is 3.06. The zero-order chi connectivity index (χ0) is 11.6. The Morgan fingerprint density at radius 3 is 2.33 bits per heavy atom. The van der Waals surface area contributed by atoms with Crippen LogP contribution >= 0.6 is 0 Å². The molecule has 15 heavy (non-hydrogen) atoms. The van der Waals surface area contributed by atoms with Crippen LogP contribution in [0, 0.1) is 12.8 Å². The Kier molecular flexibility index (Phi) is 3.48. The molecule has 1 aromatic carbocycles.